The molecule has 0 aliphatic carbocycles. The van der Waals surface area contributed by atoms with E-state index in [2.05, 4.69) is 63.6 Å². The predicted molar refractivity (Wildman–Crippen MR) is 118 cm³/mol. The van der Waals surface area contributed by atoms with E-state index < -0.39 is 8.32 Å². The summed E-state index contributed by atoms with van der Waals surface area (Å²) in [5.41, 5.74) is 2.17. The van der Waals surface area contributed by atoms with Gasteiger partial charge in [-0.1, -0.05) is 41.5 Å². The van der Waals surface area contributed by atoms with Crippen molar-refractivity contribution in [1.29, 1.82) is 0 Å². The number of rotatable bonds is 8. The summed E-state index contributed by atoms with van der Waals surface area (Å²) in [4.78, 5) is 2.45. The van der Waals surface area contributed by atoms with E-state index in [1.807, 2.05) is 4.40 Å². The lowest BCUT2D eigenvalue weighted by molar-refractivity contribution is 0.114. The van der Waals surface area contributed by atoms with Gasteiger partial charge in [0.15, 0.2) is 19.8 Å². The Morgan fingerprint density at radius 2 is 1.76 bits per heavy atom. The van der Waals surface area contributed by atoms with E-state index in [9.17, 15) is 4.39 Å². The minimum atomic E-state index is -1.87. The molecule has 1 aliphatic heterocycles. The average Bonchev–Trinajstić information content (AvgIpc) is 3.21. The lowest BCUT2D eigenvalue weighted by Crippen LogP contribution is -2.50. The molecule has 0 N–H and O–H groups in total. The van der Waals surface area contributed by atoms with Crippen LogP contribution in [0.2, 0.25) is 16.6 Å². The SMILES string of the molecule is CC(C)[Si](OCCN1CCC[C@@]1(C)c1nnc2ccc(F)cn12)(C(C)C)C(C)C. The van der Waals surface area contributed by atoms with Crippen molar-refractivity contribution in [1.82, 2.24) is 19.5 Å². The Hall–Kier alpha value is -1.31. The topological polar surface area (TPSA) is 42.7 Å². The summed E-state index contributed by atoms with van der Waals surface area (Å²) in [5.74, 6) is 0.557. The second-order valence-electron chi connectivity index (χ2n) is 9.63. The first kappa shape index (κ1) is 22.4. The second kappa shape index (κ2) is 8.44. The number of fused-ring (bicyclic) bond motifs is 1. The van der Waals surface area contributed by atoms with Crippen LogP contribution in [0.25, 0.3) is 5.65 Å². The van der Waals surface area contributed by atoms with Crippen LogP contribution in [0.4, 0.5) is 4.39 Å². The van der Waals surface area contributed by atoms with Gasteiger partial charge in [0, 0.05) is 19.3 Å². The van der Waals surface area contributed by atoms with E-state index in [0.717, 1.165) is 38.4 Å². The lowest BCUT2D eigenvalue weighted by Gasteiger charge is -2.43. The van der Waals surface area contributed by atoms with Crippen LogP contribution in [0.15, 0.2) is 18.3 Å². The van der Waals surface area contributed by atoms with Crippen LogP contribution < -0.4 is 0 Å². The van der Waals surface area contributed by atoms with E-state index in [-0.39, 0.29) is 11.4 Å². The third-order valence-corrected chi connectivity index (χ3v) is 13.2. The molecule has 2 aromatic heterocycles. The zero-order valence-electron chi connectivity index (χ0n) is 19.1. The molecule has 162 valence electrons. The first-order valence-corrected chi connectivity index (χ1v) is 13.2. The Bertz CT molecular complexity index is 816. The maximum Gasteiger partial charge on any atom is 0.200 e. The van der Waals surface area contributed by atoms with E-state index in [4.69, 9.17) is 4.43 Å². The molecule has 3 rings (SSSR count). The number of pyridine rings is 1. The monoisotopic (exact) mass is 420 g/mol. The molecule has 1 fully saturated rings. The quantitative estimate of drug-likeness (QED) is 0.538. The highest BCUT2D eigenvalue weighted by molar-refractivity contribution is 6.77. The molecule has 0 radical (unpaired) electrons. The Labute approximate surface area is 175 Å². The maximum atomic E-state index is 13.9. The van der Waals surface area contributed by atoms with Gasteiger partial charge in [0.1, 0.15) is 5.82 Å². The minimum absolute atomic E-state index is 0.256. The van der Waals surface area contributed by atoms with Gasteiger partial charge >= 0.3 is 0 Å². The minimum Gasteiger partial charge on any atom is -0.415 e. The van der Waals surface area contributed by atoms with Gasteiger partial charge in [0.25, 0.3) is 0 Å². The predicted octanol–water partition coefficient (Wildman–Crippen LogP) is 5.37. The first-order chi connectivity index (χ1) is 13.6. The molecule has 7 heteroatoms. The first-order valence-electron chi connectivity index (χ1n) is 11.0. The molecular weight excluding hydrogens is 383 g/mol. The Morgan fingerprint density at radius 1 is 1.10 bits per heavy atom. The van der Waals surface area contributed by atoms with Gasteiger partial charge in [-0.15, -0.1) is 10.2 Å². The third kappa shape index (κ3) is 3.89. The molecule has 0 spiro atoms. The van der Waals surface area contributed by atoms with Crippen molar-refractivity contribution in [2.24, 2.45) is 0 Å². The van der Waals surface area contributed by atoms with Crippen molar-refractivity contribution >= 4 is 14.0 Å². The standard InChI is InChI=1S/C22H37FN4OSi/c1-16(2)29(17(3)4,18(5)6)28-14-13-26-12-8-11-22(26,7)21-25-24-20-10-9-19(23)15-27(20)21/h9-10,15-18H,8,11-14H2,1-7H3/t22-/m0/s1. The highest BCUT2D eigenvalue weighted by atomic mass is 28.4. The zero-order valence-corrected chi connectivity index (χ0v) is 20.1. The van der Waals surface area contributed by atoms with Crippen molar-refractivity contribution < 1.29 is 8.82 Å². The smallest absolute Gasteiger partial charge is 0.200 e. The van der Waals surface area contributed by atoms with Crippen molar-refractivity contribution in [3.8, 4) is 0 Å². The Balaban J connectivity index is 1.79. The number of hydrogen-bond donors (Lipinski definition) is 0. The number of aromatic nitrogens is 3. The fourth-order valence-corrected chi connectivity index (χ4v) is 11.1. The highest BCUT2D eigenvalue weighted by Gasteiger charge is 2.46. The molecule has 0 bridgehead atoms. The van der Waals surface area contributed by atoms with Crippen LogP contribution in [0.3, 0.4) is 0 Å². The van der Waals surface area contributed by atoms with Gasteiger partial charge in [-0.2, -0.15) is 0 Å². The molecule has 1 aliphatic rings. The summed E-state index contributed by atoms with van der Waals surface area (Å²) in [6.45, 7) is 18.7. The number of hydrogen-bond acceptors (Lipinski definition) is 4. The molecule has 2 aromatic rings. The number of nitrogens with zero attached hydrogens (tertiary/aromatic N) is 4. The van der Waals surface area contributed by atoms with Gasteiger partial charge in [0.05, 0.1) is 5.54 Å². The van der Waals surface area contributed by atoms with Crippen molar-refractivity contribution in [2.45, 2.75) is 83.5 Å². The fourth-order valence-electron chi connectivity index (χ4n) is 5.70. The van der Waals surface area contributed by atoms with Gasteiger partial charge in [-0.3, -0.25) is 9.30 Å². The summed E-state index contributed by atoms with van der Waals surface area (Å²) < 4.78 is 22.5. The molecule has 0 unspecified atom stereocenters. The number of halogens is 1. The largest absolute Gasteiger partial charge is 0.415 e. The molecule has 0 amide bonds. The van der Waals surface area contributed by atoms with Crippen molar-refractivity contribution in [3.63, 3.8) is 0 Å². The van der Waals surface area contributed by atoms with E-state index in [0.29, 0.717) is 22.3 Å². The van der Waals surface area contributed by atoms with Crippen LogP contribution >= 0.6 is 0 Å². The second-order valence-corrected chi connectivity index (χ2v) is 15.1. The number of likely N-dealkylation sites (tertiary alicyclic amines) is 1. The van der Waals surface area contributed by atoms with E-state index >= 15 is 0 Å². The zero-order chi connectivity index (χ0) is 21.4. The third-order valence-electron chi connectivity index (χ3n) is 7.06. The van der Waals surface area contributed by atoms with Crippen molar-refractivity contribution in [3.05, 3.63) is 30.0 Å². The highest BCUT2D eigenvalue weighted by Crippen LogP contribution is 2.43. The van der Waals surface area contributed by atoms with E-state index in [1.54, 1.807) is 6.07 Å². The van der Waals surface area contributed by atoms with Gasteiger partial charge in [-0.05, 0) is 55.1 Å². The molecule has 29 heavy (non-hydrogen) atoms. The molecule has 5 nitrogen and oxygen atoms in total. The molecule has 0 saturated carbocycles. The fraction of sp³-hybridized carbons (Fsp3) is 0.727. The summed E-state index contributed by atoms with van der Waals surface area (Å²) in [7, 11) is -1.87. The van der Waals surface area contributed by atoms with Crippen LogP contribution in [0, 0.1) is 5.82 Å². The molecule has 0 aromatic carbocycles. The summed E-state index contributed by atoms with van der Waals surface area (Å²) in [5, 5.41) is 8.72. The summed E-state index contributed by atoms with van der Waals surface area (Å²) in [6.07, 6.45) is 3.59. The normalized spacial score (nSPS) is 21.3. The van der Waals surface area contributed by atoms with Crippen LogP contribution in [0.5, 0.6) is 0 Å². The maximum absolute atomic E-state index is 13.9. The lowest BCUT2D eigenvalue weighted by atomic mass is 9.98. The van der Waals surface area contributed by atoms with Crippen LogP contribution in [0.1, 0.15) is 67.1 Å². The molecule has 3 heterocycles. The summed E-state index contributed by atoms with van der Waals surface area (Å²) in [6, 6.07) is 3.12. The Morgan fingerprint density at radius 3 is 2.38 bits per heavy atom. The van der Waals surface area contributed by atoms with Gasteiger partial charge in [0.2, 0.25) is 0 Å². The van der Waals surface area contributed by atoms with E-state index in [1.165, 1.54) is 12.3 Å². The Kier molecular flexibility index (Phi) is 6.51. The van der Waals surface area contributed by atoms with Crippen LogP contribution in [-0.4, -0.2) is 47.5 Å². The summed E-state index contributed by atoms with van der Waals surface area (Å²) >= 11 is 0. The average molecular weight is 421 g/mol. The van der Waals surface area contributed by atoms with Gasteiger partial charge in [-0.25, -0.2) is 4.39 Å². The van der Waals surface area contributed by atoms with Crippen molar-refractivity contribution in [2.75, 3.05) is 19.7 Å². The molecule has 1 saturated heterocycles. The van der Waals surface area contributed by atoms with Gasteiger partial charge < -0.3 is 4.43 Å². The molecule has 1 atom stereocenters. The van der Waals surface area contributed by atoms with Crippen LogP contribution in [-0.2, 0) is 9.96 Å². The molecular formula is C22H37FN4OSi.